The molecule has 0 fully saturated rings. The molecule has 6 heteroatoms. The zero-order chi connectivity index (χ0) is 16.2. The molecule has 2 aromatic heterocycles. The van der Waals surface area contributed by atoms with Gasteiger partial charge in [-0.2, -0.15) is 0 Å². The lowest BCUT2D eigenvalue weighted by Crippen LogP contribution is -2.21. The van der Waals surface area contributed by atoms with E-state index < -0.39 is 0 Å². The van der Waals surface area contributed by atoms with Crippen LogP contribution in [0.5, 0.6) is 0 Å². The van der Waals surface area contributed by atoms with Gasteiger partial charge in [0.15, 0.2) is 0 Å². The van der Waals surface area contributed by atoms with Crippen molar-refractivity contribution in [2.45, 2.75) is 17.7 Å². The Morgan fingerprint density at radius 3 is 2.78 bits per heavy atom. The van der Waals surface area contributed by atoms with E-state index in [1.165, 1.54) is 16.2 Å². The van der Waals surface area contributed by atoms with Gasteiger partial charge in [-0.3, -0.25) is 9.20 Å². The minimum Gasteiger partial charge on any atom is -0.411 e. The number of benzene rings is 1. The summed E-state index contributed by atoms with van der Waals surface area (Å²) in [7, 11) is 0. The van der Waals surface area contributed by atoms with E-state index in [9.17, 15) is 4.79 Å². The van der Waals surface area contributed by atoms with E-state index in [0.29, 0.717) is 16.4 Å². The zero-order valence-corrected chi connectivity index (χ0v) is 13.3. The quantitative estimate of drug-likeness (QED) is 0.263. The topological polar surface area (TPSA) is 67.0 Å². The third-order valence-electron chi connectivity index (χ3n) is 3.38. The molecule has 2 heterocycles. The number of aromatic nitrogens is 2. The van der Waals surface area contributed by atoms with Gasteiger partial charge in [0.25, 0.3) is 5.56 Å². The number of aryl methyl sites for hydroxylation is 1. The normalized spacial score (nSPS) is 11.3. The van der Waals surface area contributed by atoms with Crippen molar-refractivity contribution in [1.82, 2.24) is 9.38 Å². The molecular weight excluding hydrogens is 310 g/mol. The summed E-state index contributed by atoms with van der Waals surface area (Å²) < 4.78 is 1.47. The molecule has 0 unspecified atom stereocenters. The van der Waals surface area contributed by atoms with E-state index >= 15 is 0 Å². The fourth-order valence-corrected chi connectivity index (χ4v) is 3.19. The maximum Gasteiger partial charge on any atom is 0.267 e. The van der Waals surface area contributed by atoms with Crippen molar-refractivity contribution in [1.29, 1.82) is 0 Å². The highest BCUT2D eigenvalue weighted by atomic mass is 32.2. The Morgan fingerprint density at radius 2 is 2.04 bits per heavy atom. The molecule has 0 amide bonds. The average Bonchev–Trinajstić information content (AvgIpc) is 2.57. The first-order chi connectivity index (χ1) is 11.2. The highest BCUT2D eigenvalue weighted by Crippen LogP contribution is 2.23. The second-order valence-corrected chi connectivity index (χ2v) is 6.05. The molecule has 0 radical (unpaired) electrons. The summed E-state index contributed by atoms with van der Waals surface area (Å²) in [5.41, 5.74) is 2.71. The van der Waals surface area contributed by atoms with Crippen LogP contribution < -0.4 is 5.56 Å². The van der Waals surface area contributed by atoms with Gasteiger partial charge in [-0.05, 0) is 24.1 Å². The molecular formula is C17H15N3O2S. The monoisotopic (exact) mass is 325 g/mol. The van der Waals surface area contributed by atoms with Crippen LogP contribution in [0.3, 0.4) is 0 Å². The summed E-state index contributed by atoms with van der Waals surface area (Å²) in [5.74, 6) is 0.682. The van der Waals surface area contributed by atoms with Crippen LogP contribution in [0.2, 0.25) is 0 Å². The molecule has 0 spiro atoms. The lowest BCUT2D eigenvalue weighted by Gasteiger charge is -2.08. The van der Waals surface area contributed by atoms with Crippen molar-refractivity contribution in [3.63, 3.8) is 0 Å². The number of hydrogen-bond acceptors (Lipinski definition) is 5. The highest BCUT2D eigenvalue weighted by Gasteiger charge is 2.12. The lowest BCUT2D eigenvalue weighted by atomic mass is 10.2. The van der Waals surface area contributed by atoms with Crippen molar-refractivity contribution in [3.8, 4) is 0 Å². The first kappa shape index (κ1) is 15.3. The number of thioether (sulfide) groups is 1. The molecule has 0 bridgehead atoms. The molecule has 0 saturated carbocycles. The fourth-order valence-electron chi connectivity index (χ4n) is 2.24. The lowest BCUT2D eigenvalue weighted by molar-refractivity contribution is 0.321. The van der Waals surface area contributed by atoms with Crippen LogP contribution in [0.25, 0.3) is 5.65 Å². The second kappa shape index (κ2) is 6.66. The van der Waals surface area contributed by atoms with E-state index in [4.69, 9.17) is 5.21 Å². The molecule has 1 aromatic carbocycles. The molecule has 5 nitrogen and oxygen atoms in total. The number of nitrogens with zero attached hydrogens (tertiary/aromatic N) is 3. The van der Waals surface area contributed by atoms with Crippen LogP contribution in [0, 0.1) is 6.92 Å². The highest BCUT2D eigenvalue weighted by molar-refractivity contribution is 7.98. The van der Waals surface area contributed by atoms with Gasteiger partial charge >= 0.3 is 0 Å². The van der Waals surface area contributed by atoms with Gasteiger partial charge in [-0.25, -0.2) is 4.98 Å². The number of hydrogen-bond donors (Lipinski definition) is 1. The van der Waals surface area contributed by atoms with Gasteiger partial charge in [0.1, 0.15) is 10.7 Å². The molecule has 0 saturated heterocycles. The van der Waals surface area contributed by atoms with Gasteiger partial charge in [0, 0.05) is 11.9 Å². The third kappa shape index (κ3) is 3.27. The Balaban J connectivity index is 2.06. The SMILES string of the molecule is Cc1ccc2nc(SCc3ccccc3)c(C=NO)c(=O)n2c1. The summed E-state index contributed by atoms with van der Waals surface area (Å²) in [4.78, 5) is 17.1. The first-order valence-electron chi connectivity index (χ1n) is 7.06. The van der Waals surface area contributed by atoms with Gasteiger partial charge in [0.2, 0.25) is 0 Å². The van der Waals surface area contributed by atoms with E-state index in [2.05, 4.69) is 10.1 Å². The Morgan fingerprint density at radius 1 is 1.26 bits per heavy atom. The third-order valence-corrected chi connectivity index (χ3v) is 4.44. The van der Waals surface area contributed by atoms with Crippen LogP contribution >= 0.6 is 11.8 Å². The fraction of sp³-hybridized carbons (Fsp3) is 0.118. The Kier molecular flexibility index (Phi) is 4.43. The Bertz CT molecular complexity index is 920. The van der Waals surface area contributed by atoms with Gasteiger partial charge < -0.3 is 5.21 Å². The molecule has 0 aliphatic heterocycles. The molecule has 116 valence electrons. The summed E-state index contributed by atoms with van der Waals surface area (Å²) in [6.07, 6.45) is 2.88. The number of oxime groups is 1. The van der Waals surface area contributed by atoms with E-state index in [-0.39, 0.29) is 11.1 Å². The second-order valence-electron chi connectivity index (χ2n) is 5.09. The molecule has 0 atom stereocenters. The van der Waals surface area contributed by atoms with Crippen LogP contribution in [-0.2, 0) is 5.75 Å². The van der Waals surface area contributed by atoms with E-state index in [1.54, 1.807) is 6.20 Å². The van der Waals surface area contributed by atoms with Crippen molar-refractivity contribution in [2.75, 3.05) is 0 Å². The van der Waals surface area contributed by atoms with Crippen LogP contribution in [0.1, 0.15) is 16.7 Å². The Labute approximate surface area is 137 Å². The van der Waals surface area contributed by atoms with E-state index in [0.717, 1.165) is 17.3 Å². The maximum absolute atomic E-state index is 12.6. The summed E-state index contributed by atoms with van der Waals surface area (Å²) in [6, 6.07) is 13.7. The van der Waals surface area contributed by atoms with E-state index in [1.807, 2.05) is 49.4 Å². The minimum atomic E-state index is -0.243. The minimum absolute atomic E-state index is 0.243. The van der Waals surface area contributed by atoms with Crippen LogP contribution in [0.4, 0.5) is 0 Å². The standard InChI is InChI=1S/C17H15N3O2S/c1-12-7-8-15-19-16(23-11-13-5-3-2-4-6-13)14(9-18-22)17(21)20(15)10-12/h2-10,22H,11H2,1H3. The largest absolute Gasteiger partial charge is 0.411 e. The Hall–Kier alpha value is -2.60. The number of pyridine rings is 1. The number of rotatable bonds is 4. The van der Waals surface area contributed by atoms with Gasteiger partial charge in [0.05, 0.1) is 11.8 Å². The molecule has 1 N–H and O–H groups in total. The molecule has 0 aliphatic carbocycles. The predicted octanol–water partition coefficient (Wildman–Crippen LogP) is 3.10. The van der Waals surface area contributed by atoms with Crippen LogP contribution in [0.15, 0.2) is 63.6 Å². The zero-order valence-electron chi connectivity index (χ0n) is 12.5. The van der Waals surface area contributed by atoms with Gasteiger partial charge in [-0.1, -0.05) is 41.6 Å². The van der Waals surface area contributed by atoms with Crippen molar-refractivity contribution in [2.24, 2.45) is 5.16 Å². The average molecular weight is 325 g/mol. The summed E-state index contributed by atoms with van der Waals surface area (Å²) >= 11 is 1.45. The number of fused-ring (bicyclic) bond motifs is 1. The summed E-state index contributed by atoms with van der Waals surface area (Å²) in [6.45, 7) is 1.91. The smallest absolute Gasteiger partial charge is 0.267 e. The van der Waals surface area contributed by atoms with Gasteiger partial charge in [-0.15, -0.1) is 11.8 Å². The predicted molar refractivity (Wildman–Crippen MR) is 91.6 cm³/mol. The molecule has 23 heavy (non-hydrogen) atoms. The van der Waals surface area contributed by atoms with Crippen molar-refractivity contribution < 1.29 is 5.21 Å². The molecule has 3 rings (SSSR count). The van der Waals surface area contributed by atoms with Crippen molar-refractivity contribution >= 4 is 23.6 Å². The summed E-state index contributed by atoms with van der Waals surface area (Å²) in [5, 5.41) is 12.4. The maximum atomic E-state index is 12.6. The molecule has 0 aliphatic rings. The first-order valence-corrected chi connectivity index (χ1v) is 8.05. The molecule has 3 aromatic rings. The van der Waals surface area contributed by atoms with Crippen molar-refractivity contribution in [3.05, 3.63) is 75.7 Å². The van der Waals surface area contributed by atoms with Crippen LogP contribution in [-0.4, -0.2) is 20.8 Å².